The maximum atomic E-state index is 11.8. The maximum Gasteiger partial charge on any atom is 0.326 e. The molecule has 1 unspecified atom stereocenters. The molecule has 0 amide bonds. The molecule has 0 aliphatic rings. The quantitative estimate of drug-likeness (QED) is 0.632. The van der Waals surface area contributed by atoms with Gasteiger partial charge in [0.2, 0.25) is 0 Å². The molecule has 1 N–H and O–H groups in total. The second-order valence-corrected chi connectivity index (χ2v) is 3.96. The van der Waals surface area contributed by atoms with Crippen LogP contribution < -0.4 is 5.32 Å². The van der Waals surface area contributed by atoms with Crippen LogP contribution in [0.3, 0.4) is 0 Å². The van der Waals surface area contributed by atoms with Crippen molar-refractivity contribution in [3.05, 3.63) is 0 Å². The van der Waals surface area contributed by atoms with E-state index in [1.54, 1.807) is 0 Å². The molecule has 15 heavy (non-hydrogen) atoms. The van der Waals surface area contributed by atoms with Crippen LogP contribution in [0.15, 0.2) is 0 Å². The molecule has 0 radical (unpaired) electrons. The average Bonchev–Trinajstić information content (AvgIpc) is 2.29. The van der Waals surface area contributed by atoms with E-state index in [0.717, 1.165) is 38.6 Å². The Morgan fingerprint density at radius 2 is 1.93 bits per heavy atom. The van der Waals surface area contributed by atoms with Crippen molar-refractivity contribution in [2.75, 3.05) is 13.7 Å². The molecule has 1 atom stereocenters. The largest absolute Gasteiger partial charge is 0.468 e. The van der Waals surface area contributed by atoms with Crippen LogP contribution in [0.2, 0.25) is 0 Å². The molecule has 0 spiro atoms. The fraction of sp³-hybridized carbons (Fsp3) is 0.917. The predicted octanol–water partition coefficient (Wildman–Crippen LogP) is 2.50. The number of ether oxygens (including phenoxy) is 1. The van der Waals surface area contributed by atoms with Crippen LogP contribution in [0, 0.1) is 0 Å². The molecule has 0 aromatic rings. The summed E-state index contributed by atoms with van der Waals surface area (Å²) in [6, 6.07) is 0. The van der Waals surface area contributed by atoms with Gasteiger partial charge in [-0.3, -0.25) is 4.79 Å². The van der Waals surface area contributed by atoms with E-state index >= 15 is 0 Å². The molecule has 0 heterocycles. The van der Waals surface area contributed by atoms with E-state index in [0.29, 0.717) is 0 Å². The molecule has 0 aliphatic carbocycles. The van der Waals surface area contributed by atoms with E-state index in [1.165, 1.54) is 7.11 Å². The zero-order valence-corrected chi connectivity index (χ0v) is 10.6. The monoisotopic (exact) mass is 215 g/mol. The van der Waals surface area contributed by atoms with Crippen LogP contribution in [-0.2, 0) is 9.53 Å². The summed E-state index contributed by atoms with van der Waals surface area (Å²) in [6.45, 7) is 7.14. The van der Waals surface area contributed by atoms with Gasteiger partial charge in [-0.05, 0) is 25.8 Å². The van der Waals surface area contributed by atoms with Gasteiger partial charge in [-0.1, -0.05) is 33.6 Å². The van der Waals surface area contributed by atoms with Crippen LogP contribution in [0.1, 0.15) is 52.9 Å². The number of hydrogen-bond donors (Lipinski definition) is 1. The molecule has 0 aromatic carbocycles. The molecule has 0 bridgehead atoms. The highest BCUT2D eigenvalue weighted by Gasteiger charge is 2.36. The lowest BCUT2D eigenvalue weighted by atomic mass is 9.89. The topological polar surface area (TPSA) is 38.3 Å². The zero-order valence-electron chi connectivity index (χ0n) is 10.6. The van der Waals surface area contributed by atoms with Gasteiger partial charge in [-0.2, -0.15) is 0 Å². The highest BCUT2D eigenvalue weighted by Crippen LogP contribution is 2.20. The highest BCUT2D eigenvalue weighted by molar-refractivity contribution is 5.80. The molecule has 0 fully saturated rings. The Morgan fingerprint density at radius 3 is 2.33 bits per heavy atom. The minimum atomic E-state index is -0.458. The first kappa shape index (κ1) is 14.4. The van der Waals surface area contributed by atoms with E-state index in [2.05, 4.69) is 19.2 Å². The van der Waals surface area contributed by atoms with Crippen molar-refractivity contribution < 1.29 is 9.53 Å². The van der Waals surface area contributed by atoms with Gasteiger partial charge in [-0.25, -0.2) is 0 Å². The average molecular weight is 215 g/mol. The molecule has 0 saturated carbocycles. The molecular weight excluding hydrogens is 190 g/mol. The van der Waals surface area contributed by atoms with Crippen LogP contribution in [0.5, 0.6) is 0 Å². The number of carbonyl (C=O) groups excluding carboxylic acids is 1. The first-order valence-corrected chi connectivity index (χ1v) is 6.00. The molecule has 3 heteroatoms. The molecule has 0 saturated heterocycles. The third kappa shape index (κ3) is 4.20. The van der Waals surface area contributed by atoms with Crippen molar-refractivity contribution in [2.45, 2.75) is 58.4 Å². The molecule has 0 aliphatic heterocycles. The van der Waals surface area contributed by atoms with Gasteiger partial charge >= 0.3 is 5.97 Å². The van der Waals surface area contributed by atoms with Gasteiger partial charge < -0.3 is 10.1 Å². The summed E-state index contributed by atoms with van der Waals surface area (Å²) < 4.78 is 4.90. The van der Waals surface area contributed by atoms with Gasteiger partial charge in [0.05, 0.1) is 7.11 Å². The van der Waals surface area contributed by atoms with E-state index < -0.39 is 5.54 Å². The first-order chi connectivity index (χ1) is 7.16. The number of nitrogens with one attached hydrogen (secondary N) is 1. The standard InChI is InChI=1S/C12H25NO2/c1-5-8-9-12(7-3,11(14)15-4)13-10-6-2/h13H,5-10H2,1-4H3. The Morgan fingerprint density at radius 1 is 1.27 bits per heavy atom. The summed E-state index contributed by atoms with van der Waals surface area (Å²) in [5.41, 5.74) is -0.458. The van der Waals surface area contributed by atoms with Crippen LogP contribution in [-0.4, -0.2) is 25.2 Å². The summed E-state index contributed by atoms with van der Waals surface area (Å²) in [5.74, 6) is -0.119. The Labute approximate surface area is 93.6 Å². The smallest absolute Gasteiger partial charge is 0.326 e. The first-order valence-electron chi connectivity index (χ1n) is 6.00. The molecule has 3 nitrogen and oxygen atoms in total. The number of methoxy groups -OCH3 is 1. The summed E-state index contributed by atoms with van der Waals surface area (Å²) >= 11 is 0. The van der Waals surface area contributed by atoms with Gasteiger partial charge in [-0.15, -0.1) is 0 Å². The van der Waals surface area contributed by atoms with Crippen LogP contribution in [0.25, 0.3) is 0 Å². The van der Waals surface area contributed by atoms with E-state index in [9.17, 15) is 4.79 Å². The van der Waals surface area contributed by atoms with E-state index in [4.69, 9.17) is 4.74 Å². The van der Waals surface area contributed by atoms with Gasteiger partial charge in [0, 0.05) is 0 Å². The predicted molar refractivity (Wildman–Crippen MR) is 62.9 cm³/mol. The SMILES string of the molecule is CCCCC(CC)(NCCC)C(=O)OC. The van der Waals surface area contributed by atoms with Crippen LogP contribution in [0.4, 0.5) is 0 Å². The second-order valence-electron chi connectivity index (χ2n) is 3.96. The Hall–Kier alpha value is -0.570. The summed E-state index contributed by atoms with van der Waals surface area (Å²) in [6.07, 6.45) is 4.85. The van der Waals surface area contributed by atoms with Crippen molar-refractivity contribution in [3.63, 3.8) is 0 Å². The number of carbonyl (C=O) groups is 1. The lowest BCUT2D eigenvalue weighted by molar-refractivity contribution is -0.149. The Kier molecular flexibility index (Phi) is 7.39. The van der Waals surface area contributed by atoms with Crippen molar-refractivity contribution in [1.82, 2.24) is 5.32 Å². The Bertz CT molecular complexity index is 172. The fourth-order valence-electron chi connectivity index (χ4n) is 1.75. The maximum absolute atomic E-state index is 11.8. The molecule has 90 valence electrons. The number of esters is 1. The summed E-state index contributed by atoms with van der Waals surface area (Å²) in [7, 11) is 1.46. The lowest BCUT2D eigenvalue weighted by Gasteiger charge is -2.31. The van der Waals surface area contributed by atoms with Crippen LogP contribution >= 0.6 is 0 Å². The van der Waals surface area contributed by atoms with Crippen molar-refractivity contribution in [1.29, 1.82) is 0 Å². The normalized spacial score (nSPS) is 14.7. The van der Waals surface area contributed by atoms with E-state index in [-0.39, 0.29) is 5.97 Å². The van der Waals surface area contributed by atoms with Gasteiger partial charge in [0.25, 0.3) is 0 Å². The second kappa shape index (κ2) is 7.69. The number of rotatable bonds is 8. The van der Waals surface area contributed by atoms with E-state index in [1.807, 2.05) is 6.92 Å². The third-order valence-corrected chi connectivity index (χ3v) is 2.85. The number of hydrogen-bond acceptors (Lipinski definition) is 3. The zero-order chi connectivity index (χ0) is 11.7. The van der Waals surface area contributed by atoms with Crippen molar-refractivity contribution in [2.24, 2.45) is 0 Å². The highest BCUT2D eigenvalue weighted by atomic mass is 16.5. The summed E-state index contributed by atoms with van der Waals surface area (Å²) in [4.78, 5) is 11.8. The fourth-order valence-corrected chi connectivity index (χ4v) is 1.75. The Balaban J connectivity index is 4.51. The minimum absolute atomic E-state index is 0.119. The minimum Gasteiger partial charge on any atom is -0.468 e. The number of unbranched alkanes of at least 4 members (excludes halogenated alkanes) is 1. The van der Waals surface area contributed by atoms with Gasteiger partial charge in [0.1, 0.15) is 5.54 Å². The van der Waals surface area contributed by atoms with Crippen molar-refractivity contribution in [3.8, 4) is 0 Å². The van der Waals surface area contributed by atoms with Crippen molar-refractivity contribution >= 4 is 5.97 Å². The van der Waals surface area contributed by atoms with Gasteiger partial charge in [0.15, 0.2) is 0 Å². The third-order valence-electron chi connectivity index (χ3n) is 2.85. The molecule has 0 aromatic heterocycles. The molecular formula is C12H25NO2. The molecule has 0 rings (SSSR count). The summed E-state index contributed by atoms with van der Waals surface area (Å²) in [5, 5.41) is 3.34. The lowest BCUT2D eigenvalue weighted by Crippen LogP contribution is -2.52.